The quantitative estimate of drug-likeness (QED) is 0.380. The Balaban J connectivity index is 2.42. The van der Waals surface area contributed by atoms with E-state index in [1.165, 1.54) is 6.54 Å². The molecule has 1 saturated heterocycles. The highest BCUT2D eigenvalue weighted by Crippen LogP contribution is 2.28. The van der Waals surface area contributed by atoms with Gasteiger partial charge in [-0.1, -0.05) is 6.08 Å². The van der Waals surface area contributed by atoms with Crippen molar-refractivity contribution in [2.24, 2.45) is 0 Å². The molecule has 9 heavy (non-hydrogen) atoms. The van der Waals surface area contributed by atoms with Crippen LogP contribution in [0.3, 0.4) is 0 Å². The minimum absolute atomic E-state index is 0.346. The van der Waals surface area contributed by atoms with Gasteiger partial charge in [0, 0.05) is 18.1 Å². The molecule has 0 aromatic rings. The molecule has 0 N–H and O–H groups in total. The largest absolute Gasteiger partial charge is 0.289 e. The third-order valence-corrected chi connectivity index (χ3v) is 1.78. The first-order valence-corrected chi connectivity index (χ1v) is 3.45. The Bertz CT molecular complexity index is 121. The number of hydrogen-bond acceptors (Lipinski definition) is 1. The summed E-state index contributed by atoms with van der Waals surface area (Å²) in [6.45, 7) is 11.6. The lowest BCUT2D eigenvalue weighted by atomic mass is 10.1. The van der Waals surface area contributed by atoms with Crippen molar-refractivity contribution in [1.82, 2.24) is 4.90 Å². The molecule has 0 amide bonds. The molecule has 0 aromatic heterocycles. The zero-order valence-corrected chi connectivity index (χ0v) is 6.52. The van der Waals surface area contributed by atoms with Gasteiger partial charge < -0.3 is 0 Å². The Labute approximate surface area is 57.4 Å². The van der Waals surface area contributed by atoms with Gasteiger partial charge in [-0.2, -0.15) is 0 Å². The molecular formula is C8H15N. The van der Waals surface area contributed by atoms with Crippen LogP contribution >= 0.6 is 0 Å². The molecule has 2 atom stereocenters. The van der Waals surface area contributed by atoms with Crippen molar-refractivity contribution in [1.29, 1.82) is 0 Å². The fourth-order valence-electron chi connectivity index (χ4n) is 1.13. The zero-order valence-electron chi connectivity index (χ0n) is 6.52. The molecule has 1 aliphatic rings. The van der Waals surface area contributed by atoms with Crippen LogP contribution in [0.1, 0.15) is 20.8 Å². The molecule has 1 aliphatic heterocycles. The maximum atomic E-state index is 3.74. The van der Waals surface area contributed by atoms with E-state index in [-0.39, 0.29) is 0 Å². The summed E-state index contributed by atoms with van der Waals surface area (Å²) in [5.41, 5.74) is 0.346. The first kappa shape index (κ1) is 6.81. The molecule has 0 aromatic carbocycles. The molecular weight excluding hydrogens is 110 g/mol. The van der Waals surface area contributed by atoms with Crippen LogP contribution in [0.2, 0.25) is 0 Å². The highest BCUT2D eigenvalue weighted by molar-refractivity contribution is 5.06. The molecule has 1 nitrogen and oxygen atoms in total. The van der Waals surface area contributed by atoms with Crippen LogP contribution in [0.4, 0.5) is 0 Å². The smallest absolute Gasteiger partial charge is 0.0409 e. The van der Waals surface area contributed by atoms with Crippen LogP contribution in [0, 0.1) is 0 Å². The van der Waals surface area contributed by atoms with Crippen LogP contribution in [-0.2, 0) is 0 Å². The third-order valence-electron chi connectivity index (χ3n) is 1.78. The van der Waals surface area contributed by atoms with Crippen molar-refractivity contribution in [2.75, 3.05) is 6.54 Å². The molecule has 1 heteroatoms. The predicted molar refractivity (Wildman–Crippen MR) is 40.4 cm³/mol. The lowest BCUT2D eigenvalue weighted by molar-refractivity contribution is 0.297. The molecule has 0 saturated carbocycles. The summed E-state index contributed by atoms with van der Waals surface area (Å²) in [5.74, 6) is 0. The first-order chi connectivity index (χ1) is 4.05. The van der Waals surface area contributed by atoms with Gasteiger partial charge in [0.15, 0.2) is 0 Å². The number of hydrogen-bond donors (Lipinski definition) is 0. The van der Waals surface area contributed by atoms with Crippen molar-refractivity contribution >= 4 is 0 Å². The van der Waals surface area contributed by atoms with Gasteiger partial charge in [-0.15, -0.1) is 6.58 Å². The molecule has 0 spiro atoms. The van der Waals surface area contributed by atoms with E-state index in [0.717, 1.165) is 0 Å². The summed E-state index contributed by atoms with van der Waals surface area (Å²) >= 11 is 0. The van der Waals surface area contributed by atoms with Gasteiger partial charge in [0.05, 0.1) is 0 Å². The Morgan fingerprint density at radius 3 is 2.22 bits per heavy atom. The summed E-state index contributed by atoms with van der Waals surface area (Å²) in [5, 5.41) is 0. The third kappa shape index (κ3) is 1.33. The van der Waals surface area contributed by atoms with Gasteiger partial charge in [0.1, 0.15) is 0 Å². The molecule has 0 radical (unpaired) electrons. The Kier molecular flexibility index (Phi) is 1.39. The van der Waals surface area contributed by atoms with E-state index in [9.17, 15) is 0 Å². The van der Waals surface area contributed by atoms with Crippen molar-refractivity contribution in [3.8, 4) is 0 Å². The second-order valence-electron chi connectivity index (χ2n) is 3.63. The second-order valence-corrected chi connectivity index (χ2v) is 3.63. The average molecular weight is 125 g/mol. The maximum Gasteiger partial charge on any atom is 0.0409 e. The molecule has 0 bridgehead atoms. The Morgan fingerprint density at radius 1 is 1.56 bits per heavy atom. The standard InChI is InChI=1S/C8H15N/c1-5-7-6-9(7)8(2,3)4/h5,7H,1,6H2,2-4H3. The van der Waals surface area contributed by atoms with Crippen LogP contribution in [0.15, 0.2) is 12.7 Å². The summed E-state index contributed by atoms with van der Waals surface area (Å²) < 4.78 is 0. The molecule has 1 rings (SSSR count). The number of nitrogens with zero attached hydrogens (tertiary/aromatic N) is 1. The van der Waals surface area contributed by atoms with Gasteiger partial charge in [-0.3, -0.25) is 4.90 Å². The molecule has 1 heterocycles. The van der Waals surface area contributed by atoms with Crippen molar-refractivity contribution < 1.29 is 0 Å². The van der Waals surface area contributed by atoms with Gasteiger partial charge in [0.2, 0.25) is 0 Å². The summed E-state index contributed by atoms with van der Waals surface area (Å²) in [7, 11) is 0. The van der Waals surface area contributed by atoms with E-state index < -0.39 is 0 Å². The van der Waals surface area contributed by atoms with E-state index in [1.54, 1.807) is 0 Å². The van der Waals surface area contributed by atoms with Crippen LogP contribution in [-0.4, -0.2) is 23.0 Å². The topological polar surface area (TPSA) is 3.01 Å². The van der Waals surface area contributed by atoms with E-state index >= 15 is 0 Å². The SMILES string of the molecule is C=CC1CN1C(C)(C)C. The minimum Gasteiger partial charge on any atom is -0.289 e. The average Bonchev–Trinajstić information content (AvgIpc) is 2.39. The van der Waals surface area contributed by atoms with Gasteiger partial charge in [-0.25, -0.2) is 0 Å². The molecule has 1 fully saturated rings. The maximum absolute atomic E-state index is 3.74. The van der Waals surface area contributed by atoms with Crippen molar-refractivity contribution in [2.45, 2.75) is 32.4 Å². The zero-order chi connectivity index (χ0) is 7.07. The monoisotopic (exact) mass is 125 g/mol. The normalized spacial score (nSPS) is 34.1. The van der Waals surface area contributed by atoms with Crippen molar-refractivity contribution in [3.05, 3.63) is 12.7 Å². The van der Waals surface area contributed by atoms with Crippen LogP contribution in [0.5, 0.6) is 0 Å². The van der Waals surface area contributed by atoms with Crippen molar-refractivity contribution in [3.63, 3.8) is 0 Å². The Hall–Kier alpha value is -0.300. The van der Waals surface area contributed by atoms with Gasteiger partial charge in [0.25, 0.3) is 0 Å². The fourth-order valence-corrected chi connectivity index (χ4v) is 1.13. The molecule has 2 unspecified atom stereocenters. The fraction of sp³-hybridized carbons (Fsp3) is 0.750. The van der Waals surface area contributed by atoms with E-state index in [0.29, 0.717) is 11.6 Å². The highest BCUT2D eigenvalue weighted by atomic mass is 15.3. The van der Waals surface area contributed by atoms with Crippen LogP contribution in [0.25, 0.3) is 0 Å². The molecule has 52 valence electrons. The summed E-state index contributed by atoms with van der Waals surface area (Å²) in [6, 6.07) is 0.657. The highest BCUT2D eigenvalue weighted by Gasteiger charge is 2.39. The minimum atomic E-state index is 0.346. The van der Waals surface area contributed by atoms with Gasteiger partial charge in [-0.05, 0) is 20.8 Å². The number of rotatable bonds is 1. The van der Waals surface area contributed by atoms with Gasteiger partial charge >= 0.3 is 0 Å². The summed E-state index contributed by atoms with van der Waals surface area (Å²) in [6.07, 6.45) is 2.02. The molecule has 0 aliphatic carbocycles. The van der Waals surface area contributed by atoms with Crippen LogP contribution < -0.4 is 0 Å². The Morgan fingerprint density at radius 2 is 2.11 bits per heavy atom. The predicted octanol–water partition coefficient (Wildman–Crippen LogP) is 1.66. The van der Waals surface area contributed by atoms with E-state index in [2.05, 4.69) is 32.3 Å². The van der Waals surface area contributed by atoms with E-state index in [1.807, 2.05) is 6.08 Å². The second kappa shape index (κ2) is 1.84. The van der Waals surface area contributed by atoms with E-state index in [4.69, 9.17) is 0 Å². The first-order valence-electron chi connectivity index (χ1n) is 3.45. The lowest BCUT2D eigenvalue weighted by Crippen LogP contribution is -2.26. The summed E-state index contributed by atoms with van der Waals surface area (Å²) in [4.78, 5) is 2.42. The lowest BCUT2D eigenvalue weighted by Gasteiger charge is -2.20.